The maximum Gasteiger partial charge on any atom is 0.239 e. The standard InChI is InChI=1S/C11H21N3O2/c1-4-13-10(15)7-14(3)11(16)9-6-12-5-8(9)2/h8-9,12H,4-7H2,1-3H3,(H,13,15). The topological polar surface area (TPSA) is 61.4 Å². The van der Waals surface area contributed by atoms with Crippen molar-refractivity contribution >= 4 is 11.8 Å². The maximum atomic E-state index is 12.0. The van der Waals surface area contributed by atoms with Crippen molar-refractivity contribution in [3.63, 3.8) is 0 Å². The van der Waals surface area contributed by atoms with E-state index in [-0.39, 0.29) is 24.3 Å². The van der Waals surface area contributed by atoms with Crippen LogP contribution in [0.25, 0.3) is 0 Å². The highest BCUT2D eigenvalue weighted by Crippen LogP contribution is 2.17. The quantitative estimate of drug-likeness (QED) is 0.676. The van der Waals surface area contributed by atoms with E-state index in [2.05, 4.69) is 17.6 Å². The van der Waals surface area contributed by atoms with Gasteiger partial charge in [0, 0.05) is 20.1 Å². The summed E-state index contributed by atoms with van der Waals surface area (Å²) in [7, 11) is 1.68. The van der Waals surface area contributed by atoms with E-state index in [1.54, 1.807) is 7.05 Å². The molecule has 0 saturated carbocycles. The molecule has 5 heteroatoms. The van der Waals surface area contributed by atoms with Crippen LogP contribution in [-0.2, 0) is 9.59 Å². The second-order valence-electron chi connectivity index (χ2n) is 4.39. The molecule has 16 heavy (non-hydrogen) atoms. The van der Waals surface area contributed by atoms with E-state index >= 15 is 0 Å². The molecule has 0 aromatic heterocycles. The van der Waals surface area contributed by atoms with Crippen LogP contribution < -0.4 is 10.6 Å². The summed E-state index contributed by atoms with van der Waals surface area (Å²) in [6.45, 7) is 6.27. The third-order valence-electron chi connectivity index (χ3n) is 2.97. The summed E-state index contributed by atoms with van der Waals surface area (Å²) in [4.78, 5) is 24.8. The zero-order chi connectivity index (χ0) is 12.1. The van der Waals surface area contributed by atoms with Gasteiger partial charge in [-0.05, 0) is 19.4 Å². The summed E-state index contributed by atoms with van der Waals surface area (Å²) in [6, 6.07) is 0. The van der Waals surface area contributed by atoms with Gasteiger partial charge in [-0.3, -0.25) is 9.59 Å². The van der Waals surface area contributed by atoms with Crippen LogP contribution >= 0.6 is 0 Å². The second kappa shape index (κ2) is 5.84. The van der Waals surface area contributed by atoms with Crippen molar-refractivity contribution in [2.45, 2.75) is 13.8 Å². The van der Waals surface area contributed by atoms with Crippen LogP contribution in [0.5, 0.6) is 0 Å². The van der Waals surface area contributed by atoms with E-state index in [1.807, 2.05) is 6.92 Å². The molecule has 0 radical (unpaired) electrons. The number of hydrogen-bond acceptors (Lipinski definition) is 3. The summed E-state index contributed by atoms with van der Waals surface area (Å²) in [5.41, 5.74) is 0. The molecular formula is C11H21N3O2. The number of carbonyl (C=O) groups excluding carboxylic acids is 2. The number of hydrogen-bond donors (Lipinski definition) is 2. The van der Waals surface area contributed by atoms with Gasteiger partial charge >= 0.3 is 0 Å². The van der Waals surface area contributed by atoms with Gasteiger partial charge in [-0.1, -0.05) is 6.92 Å². The molecule has 2 unspecified atom stereocenters. The first-order valence-electron chi connectivity index (χ1n) is 5.78. The Morgan fingerprint density at radius 1 is 1.44 bits per heavy atom. The lowest BCUT2D eigenvalue weighted by atomic mass is 9.97. The van der Waals surface area contributed by atoms with Crippen LogP contribution in [0, 0.1) is 11.8 Å². The summed E-state index contributed by atoms with van der Waals surface area (Å²) < 4.78 is 0. The van der Waals surface area contributed by atoms with Gasteiger partial charge in [0.1, 0.15) is 0 Å². The van der Waals surface area contributed by atoms with Gasteiger partial charge in [-0.25, -0.2) is 0 Å². The Labute approximate surface area is 96.6 Å². The lowest BCUT2D eigenvalue weighted by molar-refractivity contribution is -0.138. The Morgan fingerprint density at radius 3 is 2.62 bits per heavy atom. The van der Waals surface area contributed by atoms with Gasteiger partial charge in [0.25, 0.3) is 0 Å². The van der Waals surface area contributed by atoms with Crippen molar-refractivity contribution in [3.8, 4) is 0 Å². The molecule has 2 N–H and O–H groups in total. The van der Waals surface area contributed by atoms with E-state index in [9.17, 15) is 9.59 Å². The lowest BCUT2D eigenvalue weighted by Crippen LogP contribution is -2.42. The Bertz CT molecular complexity index is 268. The highest BCUT2D eigenvalue weighted by molar-refractivity contribution is 5.86. The molecule has 92 valence electrons. The Morgan fingerprint density at radius 2 is 2.12 bits per heavy atom. The van der Waals surface area contributed by atoms with E-state index in [0.29, 0.717) is 12.5 Å². The van der Waals surface area contributed by atoms with E-state index < -0.39 is 0 Å². The average molecular weight is 227 g/mol. The predicted octanol–water partition coefficient (Wildman–Crippen LogP) is -0.564. The number of rotatable bonds is 4. The summed E-state index contributed by atoms with van der Waals surface area (Å²) in [5.74, 6) is 0.323. The van der Waals surface area contributed by atoms with Gasteiger partial charge in [0.15, 0.2) is 0 Å². The van der Waals surface area contributed by atoms with Crippen LogP contribution in [0.4, 0.5) is 0 Å². The van der Waals surface area contributed by atoms with Crippen molar-refractivity contribution in [1.29, 1.82) is 0 Å². The fourth-order valence-corrected chi connectivity index (χ4v) is 1.97. The summed E-state index contributed by atoms with van der Waals surface area (Å²) in [5, 5.41) is 5.87. The highest BCUT2D eigenvalue weighted by Gasteiger charge is 2.31. The molecule has 0 aromatic rings. The molecular weight excluding hydrogens is 206 g/mol. The smallest absolute Gasteiger partial charge is 0.239 e. The maximum absolute atomic E-state index is 12.0. The van der Waals surface area contributed by atoms with Crippen LogP contribution in [0.2, 0.25) is 0 Å². The lowest BCUT2D eigenvalue weighted by Gasteiger charge is -2.22. The van der Waals surface area contributed by atoms with Crippen molar-refractivity contribution in [2.75, 3.05) is 33.2 Å². The molecule has 1 fully saturated rings. The van der Waals surface area contributed by atoms with E-state index in [4.69, 9.17) is 0 Å². The predicted molar refractivity (Wildman–Crippen MR) is 61.8 cm³/mol. The number of amides is 2. The minimum absolute atomic E-state index is 0.0134. The number of nitrogens with zero attached hydrogens (tertiary/aromatic N) is 1. The molecule has 0 aromatic carbocycles. The molecule has 2 amide bonds. The first-order chi connectivity index (χ1) is 7.56. The molecule has 1 aliphatic rings. The van der Waals surface area contributed by atoms with Gasteiger partial charge < -0.3 is 15.5 Å². The normalized spacial score (nSPS) is 24.2. The van der Waals surface area contributed by atoms with Crippen LogP contribution in [0.1, 0.15) is 13.8 Å². The number of likely N-dealkylation sites (N-methyl/N-ethyl adjacent to an activating group) is 2. The fourth-order valence-electron chi connectivity index (χ4n) is 1.97. The molecule has 2 atom stereocenters. The summed E-state index contributed by atoms with van der Waals surface area (Å²) in [6.07, 6.45) is 0. The zero-order valence-corrected chi connectivity index (χ0v) is 10.2. The van der Waals surface area contributed by atoms with Crippen molar-refractivity contribution in [2.24, 2.45) is 11.8 Å². The average Bonchev–Trinajstić information content (AvgIpc) is 2.63. The highest BCUT2D eigenvalue weighted by atomic mass is 16.2. The van der Waals surface area contributed by atoms with E-state index in [0.717, 1.165) is 13.1 Å². The molecule has 0 aliphatic carbocycles. The van der Waals surface area contributed by atoms with Crippen LogP contribution in [0.3, 0.4) is 0 Å². The molecule has 0 bridgehead atoms. The molecule has 1 rings (SSSR count). The largest absolute Gasteiger partial charge is 0.355 e. The Balaban J connectivity index is 2.44. The van der Waals surface area contributed by atoms with Crippen LogP contribution in [-0.4, -0.2) is 49.9 Å². The SMILES string of the molecule is CCNC(=O)CN(C)C(=O)C1CNCC1C. The number of nitrogens with one attached hydrogen (secondary N) is 2. The van der Waals surface area contributed by atoms with Gasteiger partial charge in [0.05, 0.1) is 12.5 Å². The molecule has 0 spiro atoms. The fraction of sp³-hybridized carbons (Fsp3) is 0.818. The molecule has 5 nitrogen and oxygen atoms in total. The first-order valence-corrected chi connectivity index (χ1v) is 5.78. The molecule has 1 saturated heterocycles. The third-order valence-corrected chi connectivity index (χ3v) is 2.97. The first kappa shape index (κ1) is 13.0. The Hall–Kier alpha value is -1.10. The molecule has 1 aliphatic heterocycles. The van der Waals surface area contributed by atoms with Gasteiger partial charge in [-0.2, -0.15) is 0 Å². The van der Waals surface area contributed by atoms with Gasteiger partial charge in [-0.15, -0.1) is 0 Å². The monoisotopic (exact) mass is 227 g/mol. The van der Waals surface area contributed by atoms with Crippen molar-refractivity contribution in [3.05, 3.63) is 0 Å². The Kier molecular flexibility index (Phi) is 4.73. The van der Waals surface area contributed by atoms with Crippen molar-refractivity contribution < 1.29 is 9.59 Å². The minimum Gasteiger partial charge on any atom is -0.355 e. The van der Waals surface area contributed by atoms with E-state index in [1.165, 1.54) is 4.90 Å². The van der Waals surface area contributed by atoms with Gasteiger partial charge in [0.2, 0.25) is 11.8 Å². The van der Waals surface area contributed by atoms with Crippen LogP contribution in [0.15, 0.2) is 0 Å². The summed E-state index contributed by atoms with van der Waals surface area (Å²) >= 11 is 0. The second-order valence-corrected chi connectivity index (χ2v) is 4.39. The number of carbonyl (C=O) groups is 2. The molecule has 1 heterocycles. The van der Waals surface area contributed by atoms with Crippen molar-refractivity contribution in [1.82, 2.24) is 15.5 Å². The minimum atomic E-state index is -0.100. The third kappa shape index (κ3) is 3.20. The zero-order valence-electron chi connectivity index (χ0n) is 10.2.